The fourth-order valence-corrected chi connectivity index (χ4v) is 3.75. The Morgan fingerprint density at radius 3 is 2.79 bits per heavy atom. The van der Waals surface area contributed by atoms with Gasteiger partial charge in [0.2, 0.25) is 0 Å². The molecule has 0 amide bonds. The van der Waals surface area contributed by atoms with E-state index in [0.29, 0.717) is 6.04 Å². The fourth-order valence-electron chi connectivity index (χ4n) is 3.75. The summed E-state index contributed by atoms with van der Waals surface area (Å²) in [4.78, 5) is 2.51. The molecular formula is C18H24ClFN4. The highest BCUT2D eigenvalue weighted by Crippen LogP contribution is 2.29. The zero-order chi connectivity index (χ0) is 15.8. The number of hydrogen-bond donors (Lipinski definition) is 1. The van der Waals surface area contributed by atoms with Crippen molar-refractivity contribution in [3.63, 3.8) is 0 Å². The standard InChI is InChI=1S/C18H23FN4.ClH/c1-13-11-20-9-10-22(13)12-17-16-3-2-4-18(16)23(21-17)15-7-5-14(19)6-8-15;/h5-8,13,20H,2-4,9-12H2,1H3;1H/t13-;/m0./s1. The van der Waals surface area contributed by atoms with Crippen LogP contribution in [0.3, 0.4) is 0 Å². The second-order valence-corrected chi connectivity index (χ2v) is 6.64. The molecule has 2 heterocycles. The Labute approximate surface area is 148 Å². The average molecular weight is 351 g/mol. The number of nitrogens with zero attached hydrogens (tertiary/aromatic N) is 3. The molecule has 0 bridgehead atoms. The van der Waals surface area contributed by atoms with Crippen molar-refractivity contribution in [3.05, 3.63) is 47.0 Å². The van der Waals surface area contributed by atoms with E-state index in [2.05, 4.69) is 17.1 Å². The van der Waals surface area contributed by atoms with Crippen molar-refractivity contribution in [1.82, 2.24) is 20.0 Å². The summed E-state index contributed by atoms with van der Waals surface area (Å²) in [5, 5.41) is 8.33. The highest BCUT2D eigenvalue weighted by atomic mass is 35.5. The van der Waals surface area contributed by atoms with Crippen LogP contribution >= 0.6 is 12.4 Å². The van der Waals surface area contributed by atoms with Gasteiger partial charge < -0.3 is 5.32 Å². The van der Waals surface area contributed by atoms with Gasteiger partial charge in [0.15, 0.2) is 0 Å². The lowest BCUT2D eigenvalue weighted by atomic mass is 10.1. The summed E-state index contributed by atoms with van der Waals surface area (Å²) < 4.78 is 15.2. The molecule has 130 valence electrons. The highest BCUT2D eigenvalue weighted by Gasteiger charge is 2.26. The zero-order valence-electron chi connectivity index (χ0n) is 14.0. The van der Waals surface area contributed by atoms with E-state index in [1.807, 2.05) is 16.8 Å². The Morgan fingerprint density at radius 1 is 1.25 bits per heavy atom. The van der Waals surface area contributed by atoms with Crippen molar-refractivity contribution >= 4 is 12.4 Å². The minimum Gasteiger partial charge on any atom is -0.314 e. The van der Waals surface area contributed by atoms with E-state index < -0.39 is 0 Å². The summed E-state index contributed by atoms with van der Waals surface area (Å²) in [7, 11) is 0. The summed E-state index contributed by atoms with van der Waals surface area (Å²) >= 11 is 0. The summed E-state index contributed by atoms with van der Waals surface area (Å²) in [6, 6.07) is 7.19. The summed E-state index contributed by atoms with van der Waals surface area (Å²) in [5.41, 5.74) is 4.90. The van der Waals surface area contributed by atoms with Crippen LogP contribution in [0, 0.1) is 5.82 Å². The van der Waals surface area contributed by atoms with Gasteiger partial charge in [-0.05, 0) is 56.0 Å². The van der Waals surface area contributed by atoms with Crippen LogP contribution in [0.2, 0.25) is 0 Å². The van der Waals surface area contributed by atoms with Crippen LogP contribution in [0.1, 0.15) is 30.3 Å². The van der Waals surface area contributed by atoms with Crippen LogP contribution in [-0.4, -0.2) is 40.4 Å². The van der Waals surface area contributed by atoms with E-state index in [1.54, 1.807) is 0 Å². The van der Waals surface area contributed by atoms with E-state index in [0.717, 1.165) is 44.7 Å². The van der Waals surface area contributed by atoms with Crippen LogP contribution in [0.25, 0.3) is 5.69 Å². The lowest BCUT2D eigenvalue weighted by Gasteiger charge is -2.33. The monoisotopic (exact) mass is 350 g/mol. The molecule has 2 aromatic rings. The maximum Gasteiger partial charge on any atom is 0.123 e. The van der Waals surface area contributed by atoms with Gasteiger partial charge in [-0.2, -0.15) is 5.10 Å². The normalized spacial score (nSPS) is 20.7. The molecule has 6 heteroatoms. The lowest BCUT2D eigenvalue weighted by molar-refractivity contribution is 0.163. The third-order valence-electron chi connectivity index (χ3n) is 5.08. The third-order valence-corrected chi connectivity index (χ3v) is 5.08. The van der Waals surface area contributed by atoms with E-state index in [-0.39, 0.29) is 18.2 Å². The molecule has 2 aliphatic rings. The van der Waals surface area contributed by atoms with Crippen LogP contribution in [0.15, 0.2) is 24.3 Å². The molecule has 0 spiro atoms. The maximum atomic E-state index is 13.2. The SMILES string of the molecule is C[C@H]1CNCCN1Cc1nn(-c2ccc(F)cc2)c2c1CCC2.Cl. The van der Waals surface area contributed by atoms with Gasteiger partial charge in [0.1, 0.15) is 5.82 Å². The second-order valence-electron chi connectivity index (χ2n) is 6.64. The lowest BCUT2D eigenvalue weighted by Crippen LogP contribution is -2.49. The molecule has 1 N–H and O–H groups in total. The van der Waals surface area contributed by atoms with E-state index in [4.69, 9.17) is 5.10 Å². The molecule has 0 radical (unpaired) electrons. The van der Waals surface area contributed by atoms with Gasteiger partial charge in [0.25, 0.3) is 0 Å². The van der Waals surface area contributed by atoms with Crippen molar-refractivity contribution < 1.29 is 4.39 Å². The quantitative estimate of drug-likeness (QED) is 0.924. The number of piperazine rings is 1. The molecule has 4 nitrogen and oxygen atoms in total. The van der Waals surface area contributed by atoms with Crippen LogP contribution < -0.4 is 5.32 Å². The fraction of sp³-hybridized carbons (Fsp3) is 0.500. The number of fused-ring (bicyclic) bond motifs is 1. The largest absolute Gasteiger partial charge is 0.314 e. The first-order chi connectivity index (χ1) is 11.2. The molecule has 1 aromatic heterocycles. The van der Waals surface area contributed by atoms with Gasteiger partial charge in [-0.15, -0.1) is 12.4 Å². The molecule has 0 saturated carbocycles. The average Bonchev–Trinajstić information content (AvgIpc) is 3.14. The first-order valence-electron chi connectivity index (χ1n) is 8.53. The first kappa shape index (κ1) is 17.4. The van der Waals surface area contributed by atoms with Crippen LogP contribution in [0.5, 0.6) is 0 Å². The topological polar surface area (TPSA) is 33.1 Å². The number of benzene rings is 1. The van der Waals surface area contributed by atoms with Gasteiger partial charge in [-0.25, -0.2) is 9.07 Å². The van der Waals surface area contributed by atoms with Gasteiger partial charge in [-0.1, -0.05) is 0 Å². The van der Waals surface area contributed by atoms with Crippen molar-refractivity contribution in [2.45, 2.75) is 38.8 Å². The van der Waals surface area contributed by atoms with Gasteiger partial charge in [0, 0.05) is 37.9 Å². The Hall–Kier alpha value is -1.43. The summed E-state index contributed by atoms with van der Waals surface area (Å²) in [6.07, 6.45) is 3.38. The molecule has 1 fully saturated rings. The predicted octanol–water partition coefficient (Wildman–Crippen LogP) is 2.72. The van der Waals surface area contributed by atoms with Crippen molar-refractivity contribution in [2.24, 2.45) is 0 Å². The Morgan fingerprint density at radius 2 is 2.04 bits per heavy atom. The predicted molar refractivity (Wildman–Crippen MR) is 95.5 cm³/mol. The number of halogens is 2. The molecule has 1 aliphatic carbocycles. The van der Waals surface area contributed by atoms with Crippen molar-refractivity contribution in [3.8, 4) is 5.69 Å². The highest BCUT2D eigenvalue weighted by molar-refractivity contribution is 5.85. The molecule has 24 heavy (non-hydrogen) atoms. The van der Waals surface area contributed by atoms with Gasteiger partial charge in [-0.3, -0.25) is 4.90 Å². The number of rotatable bonds is 3. The molecule has 1 aromatic carbocycles. The molecule has 4 rings (SSSR count). The maximum absolute atomic E-state index is 13.2. The molecule has 1 aliphatic heterocycles. The smallest absolute Gasteiger partial charge is 0.123 e. The second kappa shape index (κ2) is 7.21. The number of aromatic nitrogens is 2. The molecule has 1 atom stereocenters. The van der Waals surface area contributed by atoms with Crippen LogP contribution in [0.4, 0.5) is 4.39 Å². The molecular weight excluding hydrogens is 327 g/mol. The Balaban J connectivity index is 0.00000169. The summed E-state index contributed by atoms with van der Waals surface area (Å²) in [5.74, 6) is -0.201. The van der Waals surface area contributed by atoms with Crippen LogP contribution in [-0.2, 0) is 19.4 Å². The van der Waals surface area contributed by atoms with Gasteiger partial charge in [0.05, 0.1) is 11.4 Å². The Kier molecular flexibility index (Phi) is 5.23. The van der Waals surface area contributed by atoms with E-state index in [9.17, 15) is 4.39 Å². The van der Waals surface area contributed by atoms with E-state index >= 15 is 0 Å². The number of nitrogens with one attached hydrogen (secondary N) is 1. The van der Waals surface area contributed by atoms with Gasteiger partial charge >= 0.3 is 0 Å². The first-order valence-corrected chi connectivity index (χ1v) is 8.53. The number of hydrogen-bond acceptors (Lipinski definition) is 3. The third kappa shape index (κ3) is 3.21. The summed E-state index contributed by atoms with van der Waals surface area (Å²) in [6.45, 7) is 6.34. The molecule has 1 saturated heterocycles. The molecule has 0 unspecified atom stereocenters. The zero-order valence-corrected chi connectivity index (χ0v) is 14.8. The Bertz CT molecular complexity index is 698. The van der Waals surface area contributed by atoms with Crippen molar-refractivity contribution in [1.29, 1.82) is 0 Å². The van der Waals surface area contributed by atoms with Crippen molar-refractivity contribution in [2.75, 3.05) is 19.6 Å². The minimum atomic E-state index is -0.201. The minimum absolute atomic E-state index is 0. The van der Waals surface area contributed by atoms with E-state index in [1.165, 1.54) is 35.5 Å².